The van der Waals surface area contributed by atoms with Crippen molar-refractivity contribution in [3.63, 3.8) is 0 Å². The highest BCUT2D eigenvalue weighted by Gasteiger charge is 2.21. The molecule has 1 atom stereocenters. The van der Waals surface area contributed by atoms with E-state index in [0.29, 0.717) is 0 Å². The first-order valence-corrected chi connectivity index (χ1v) is 6.11. The number of carbonyl (C=O) groups excluding carboxylic acids is 1. The molecular formula is C14H18FNO4. The molecule has 0 saturated heterocycles. The smallest absolute Gasteiger partial charge is 0.335 e. The number of carbonyl (C=O) groups is 2. The number of benzene rings is 1. The maximum Gasteiger partial charge on any atom is 0.335 e. The summed E-state index contributed by atoms with van der Waals surface area (Å²) in [5.74, 6) is -2.58. The van der Waals surface area contributed by atoms with Gasteiger partial charge in [-0.25, -0.2) is 9.18 Å². The first-order chi connectivity index (χ1) is 9.10. The Hall–Kier alpha value is -2.11. The zero-order chi connectivity index (χ0) is 15.5. The van der Waals surface area contributed by atoms with Crippen molar-refractivity contribution in [3.8, 4) is 5.75 Å². The molecule has 0 aliphatic carbocycles. The van der Waals surface area contributed by atoms with Gasteiger partial charge in [0.1, 0.15) is 0 Å². The number of amides is 1. The molecule has 2 N–H and O–H groups in total. The van der Waals surface area contributed by atoms with Crippen LogP contribution in [0.25, 0.3) is 0 Å². The van der Waals surface area contributed by atoms with Gasteiger partial charge in [-0.2, -0.15) is 0 Å². The Bertz CT molecular complexity index is 522. The van der Waals surface area contributed by atoms with Gasteiger partial charge in [0.15, 0.2) is 17.7 Å². The van der Waals surface area contributed by atoms with E-state index >= 15 is 0 Å². The molecule has 0 radical (unpaired) electrons. The molecule has 1 amide bonds. The van der Waals surface area contributed by atoms with Crippen LogP contribution >= 0.6 is 0 Å². The Morgan fingerprint density at radius 3 is 2.40 bits per heavy atom. The first-order valence-electron chi connectivity index (χ1n) is 6.11. The number of nitrogens with one attached hydrogen (secondary N) is 1. The summed E-state index contributed by atoms with van der Waals surface area (Å²) in [6.45, 7) is 6.95. The highest BCUT2D eigenvalue weighted by atomic mass is 19.1. The lowest BCUT2D eigenvalue weighted by atomic mass is 10.1. The van der Waals surface area contributed by atoms with Gasteiger partial charge in [0.05, 0.1) is 5.56 Å². The molecule has 6 heteroatoms. The Morgan fingerprint density at radius 1 is 1.35 bits per heavy atom. The number of carboxylic acids is 1. The van der Waals surface area contributed by atoms with E-state index in [0.717, 1.165) is 6.07 Å². The summed E-state index contributed by atoms with van der Waals surface area (Å²) in [5, 5.41) is 11.4. The van der Waals surface area contributed by atoms with Crippen molar-refractivity contribution in [1.29, 1.82) is 0 Å². The van der Waals surface area contributed by atoms with Gasteiger partial charge in [-0.3, -0.25) is 4.79 Å². The van der Waals surface area contributed by atoms with Crippen LogP contribution in [0.1, 0.15) is 38.1 Å². The van der Waals surface area contributed by atoms with E-state index in [1.807, 2.05) is 20.8 Å². The van der Waals surface area contributed by atoms with Crippen LogP contribution in [0.5, 0.6) is 5.75 Å². The average molecular weight is 283 g/mol. The molecule has 20 heavy (non-hydrogen) atoms. The van der Waals surface area contributed by atoms with Crippen molar-refractivity contribution in [2.24, 2.45) is 0 Å². The molecule has 0 fully saturated rings. The molecule has 1 rings (SSSR count). The van der Waals surface area contributed by atoms with Gasteiger partial charge in [-0.15, -0.1) is 0 Å². The maximum atomic E-state index is 13.7. The Morgan fingerprint density at radius 2 is 1.95 bits per heavy atom. The second-order valence-electron chi connectivity index (χ2n) is 5.45. The number of rotatable bonds is 4. The molecule has 0 aliphatic rings. The number of ether oxygens (including phenoxy) is 1. The zero-order valence-corrected chi connectivity index (χ0v) is 11.9. The third kappa shape index (κ3) is 4.53. The third-order valence-electron chi connectivity index (χ3n) is 2.35. The molecule has 110 valence electrons. The summed E-state index contributed by atoms with van der Waals surface area (Å²) in [5.41, 5.74) is -0.595. The van der Waals surface area contributed by atoms with E-state index in [1.54, 1.807) is 0 Å². The molecular weight excluding hydrogens is 265 g/mol. The van der Waals surface area contributed by atoms with Crippen LogP contribution in [0.4, 0.5) is 4.39 Å². The Balaban J connectivity index is 2.78. The minimum absolute atomic E-state index is 0.161. The molecule has 0 aliphatic heterocycles. The molecule has 5 nitrogen and oxygen atoms in total. The van der Waals surface area contributed by atoms with Crippen molar-refractivity contribution in [2.45, 2.75) is 39.3 Å². The molecule has 1 unspecified atom stereocenters. The molecule has 1 aromatic carbocycles. The van der Waals surface area contributed by atoms with Crippen LogP contribution in [0.3, 0.4) is 0 Å². The number of aromatic carboxylic acids is 1. The summed E-state index contributed by atoms with van der Waals surface area (Å²) < 4.78 is 18.9. The topological polar surface area (TPSA) is 75.6 Å². The largest absolute Gasteiger partial charge is 0.478 e. The fourth-order valence-corrected chi connectivity index (χ4v) is 1.44. The second kappa shape index (κ2) is 5.90. The molecule has 0 aromatic heterocycles. The standard InChI is InChI=1S/C14H18FNO4/c1-8(12(17)16-14(2,3)4)20-11-6-5-9(13(18)19)7-10(11)15/h5-8H,1-4H3,(H,16,17)(H,18,19). The van der Waals surface area contributed by atoms with Gasteiger partial charge in [-0.05, 0) is 45.9 Å². The van der Waals surface area contributed by atoms with Gasteiger partial charge >= 0.3 is 5.97 Å². The van der Waals surface area contributed by atoms with Gasteiger partial charge in [0, 0.05) is 5.54 Å². The summed E-state index contributed by atoms with van der Waals surface area (Å²) >= 11 is 0. The quantitative estimate of drug-likeness (QED) is 0.888. The fourth-order valence-electron chi connectivity index (χ4n) is 1.44. The zero-order valence-electron chi connectivity index (χ0n) is 11.9. The lowest BCUT2D eigenvalue weighted by Crippen LogP contribution is -2.46. The number of halogens is 1. The van der Waals surface area contributed by atoms with E-state index in [1.165, 1.54) is 19.1 Å². The van der Waals surface area contributed by atoms with Crippen LogP contribution in [0.15, 0.2) is 18.2 Å². The lowest BCUT2D eigenvalue weighted by molar-refractivity contribution is -0.128. The van der Waals surface area contributed by atoms with Gasteiger partial charge in [0.25, 0.3) is 5.91 Å². The van der Waals surface area contributed by atoms with Crippen LogP contribution in [0, 0.1) is 5.82 Å². The average Bonchev–Trinajstić information content (AvgIpc) is 2.29. The van der Waals surface area contributed by atoms with E-state index in [-0.39, 0.29) is 17.2 Å². The van der Waals surface area contributed by atoms with E-state index in [9.17, 15) is 14.0 Å². The van der Waals surface area contributed by atoms with Crippen molar-refractivity contribution in [1.82, 2.24) is 5.32 Å². The predicted molar refractivity (Wildman–Crippen MR) is 71.3 cm³/mol. The third-order valence-corrected chi connectivity index (χ3v) is 2.35. The van der Waals surface area contributed by atoms with Crippen LogP contribution in [-0.2, 0) is 4.79 Å². The highest BCUT2D eigenvalue weighted by molar-refractivity contribution is 5.87. The van der Waals surface area contributed by atoms with Crippen molar-refractivity contribution in [3.05, 3.63) is 29.6 Å². The number of carboxylic acid groups (broad SMARTS) is 1. The predicted octanol–water partition coefficient (Wildman–Crippen LogP) is 2.21. The van der Waals surface area contributed by atoms with Crippen LogP contribution < -0.4 is 10.1 Å². The molecule has 0 spiro atoms. The Kier molecular flexibility index (Phi) is 4.70. The van der Waals surface area contributed by atoms with Crippen molar-refractivity contribution in [2.75, 3.05) is 0 Å². The molecule has 0 bridgehead atoms. The van der Waals surface area contributed by atoms with Gasteiger partial charge < -0.3 is 15.2 Å². The van der Waals surface area contributed by atoms with Crippen molar-refractivity contribution >= 4 is 11.9 Å². The van der Waals surface area contributed by atoms with E-state index < -0.39 is 23.4 Å². The van der Waals surface area contributed by atoms with Crippen molar-refractivity contribution < 1.29 is 23.8 Å². The molecule has 0 saturated carbocycles. The lowest BCUT2D eigenvalue weighted by Gasteiger charge is -2.23. The summed E-state index contributed by atoms with van der Waals surface area (Å²) in [6, 6.07) is 3.26. The number of hydrogen-bond acceptors (Lipinski definition) is 3. The SMILES string of the molecule is CC(Oc1ccc(C(=O)O)cc1F)C(=O)NC(C)(C)C. The number of hydrogen-bond donors (Lipinski definition) is 2. The molecule has 0 heterocycles. The maximum absolute atomic E-state index is 13.7. The highest BCUT2D eigenvalue weighted by Crippen LogP contribution is 2.20. The molecule has 1 aromatic rings. The second-order valence-corrected chi connectivity index (χ2v) is 5.45. The summed E-state index contributed by atoms with van der Waals surface area (Å²) in [6.07, 6.45) is -0.889. The summed E-state index contributed by atoms with van der Waals surface area (Å²) in [7, 11) is 0. The summed E-state index contributed by atoms with van der Waals surface area (Å²) in [4.78, 5) is 22.5. The van der Waals surface area contributed by atoms with Crippen LogP contribution in [-0.4, -0.2) is 28.6 Å². The monoisotopic (exact) mass is 283 g/mol. The van der Waals surface area contributed by atoms with E-state index in [2.05, 4.69) is 5.32 Å². The minimum Gasteiger partial charge on any atom is -0.478 e. The van der Waals surface area contributed by atoms with E-state index in [4.69, 9.17) is 9.84 Å². The normalized spacial score (nSPS) is 12.7. The fraction of sp³-hybridized carbons (Fsp3) is 0.429. The van der Waals surface area contributed by atoms with Gasteiger partial charge in [0.2, 0.25) is 0 Å². The first kappa shape index (κ1) is 15.9. The van der Waals surface area contributed by atoms with Crippen LogP contribution in [0.2, 0.25) is 0 Å². The van der Waals surface area contributed by atoms with Gasteiger partial charge in [-0.1, -0.05) is 0 Å². The minimum atomic E-state index is -1.23. The Labute approximate surface area is 116 Å².